The summed E-state index contributed by atoms with van der Waals surface area (Å²) in [7, 11) is 0. The van der Waals surface area contributed by atoms with Crippen molar-refractivity contribution in [2.45, 2.75) is 38.3 Å². The summed E-state index contributed by atoms with van der Waals surface area (Å²) in [6.07, 6.45) is 1.65. The van der Waals surface area contributed by atoms with E-state index in [4.69, 9.17) is 0 Å². The highest BCUT2D eigenvalue weighted by Crippen LogP contribution is 2.29. The Balaban J connectivity index is 1.51. The van der Waals surface area contributed by atoms with Gasteiger partial charge in [0, 0.05) is 37.2 Å². The molecule has 3 aliphatic rings. The third-order valence-corrected chi connectivity index (χ3v) is 5.83. The Labute approximate surface area is 166 Å². The zero-order valence-electron chi connectivity index (χ0n) is 15.7. The average Bonchev–Trinajstić information content (AvgIpc) is 3.03. The van der Waals surface area contributed by atoms with Crippen LogP contribution in [0, 0.1) is 5.92 Å². The summed E-state index contributed by atoms with van der Waals surface area (Å²) < 4.78 is 0. The number of nitrogens with zero attached hydrogens (tertiary/aromatic N) is 2. The van der Waals surface area contributed by atoms with E-state index < -0.39 is 23.8 Å². The van der Waals surface area contributed by atoms with Gasteiger partial charge in [-0.05, 0) is 43.0 Å². The van der Waals surface area contributed by atoms with Crippen LogP contribution in [-0.4, -0.2) is 63.6 Å². The maximum Gasteiger partial charge on any atom is 0.308 e. The van der Waals surface area contributed by atoms with Crippen molar-refractivity contribution < 1.29 is 29.1 Å². The highest BCUT2D eigenvalue weighted by Gasteiger charge is 2.39. The van der Waals surface area contributed by atoms with E-state index in [1.54, 1.807) is 23.1 Å². The van der Waals surface area contributed by atoms with Gasteiger partial charge < -0.3 is 14.9 Å². The molecule has 0 aliphatic carbocycles. The van der Waals surface area contributed by atoms with Gasteiger partial charge in [0.25, 0.3) is 11.8 Å². The molecular weight excluding hydrogens is 378 g/mol. The van der Waals surface area contributed by atoms with E-state index in [-0.39, 0.29) is 43.7 Å². The highest BCUT2D eigenvalue weighted by atomic mass is 16.4. The smallest absolute Gasteiger partial charge is 0.308 e. The van der Waals surface area contributed by atoms with Gasteiger partial charge in [-0.3, -0.25) is 29.3 Å². The Bertz CT molecular complexity index is 927. The molecule has 0 radical (unpaired) electrons. The Morgan fingerprint density at radius 1 is 1.14 bits per heavy atom. The summed E-state index contributed by atoms with van der Waals surface area (Å²) in [5.74, 6) is -2.84. The predicted molar refractivity (Wildman–Crippen MR) is 98.8 cm³/mol. The first-order valence-electron chi connectivity index (χ1n) is 9.65. The number of carbonyl (C=O) groups is 5. The largest absolute Gasteiger partial charge is 0.481 e. The number of piperidine rings is 2. The molecule has 9 nitrogen and oxygen atoms in total. The van der Waals surface area contributed by atoms with Crippen molar-refractivity contribution in [3.63, 3.8) is 0 Å². The van der Waals surface area contributed by atoms with Crippen LogP contribution in [0.1, 0.15) is 52.0 Å². The molecule has 152 valence electrons. The molecule has 2 fully saturated rings. The molecule has 2 atom stereocenters. The summed E-state index contributed by atoms with van der Waals surface area (Å²) >= 11 is 0. The number of carbonyl (C=O) groups excluding carboxylic acids is 4. The van der Waals surface area contributed by atoms with E-state index in [0.717, 1.165) is 0 Å². The fourth-order valence-corrected chi connectivity index (χ4v) is 4.25. The molecule has 4 amide bonds. The van der Waals surface area contributed by atoms with Gasteiger partial charge >= 0.3 is 5.97 Å². The summed E-state index contributed by atoms with van der Waals surface area (Å²) in [4.78, 5) is 63.3. The minimum Gasteiger partial charge on any atom is -0.481 e. The Morgan fingerprint density at radius 3 is 2.66 bits per heavy atom. The van der Waals surface area contributed by atoms with E-state index in [9.17, 15) is 29.1 Å². The molecule has 0 saturated carbocycles. The third kappa shape index (κ3) is 3.48. The summed E-state index contributed by atoms with van der Waals surface area (Å²) in [6.45, 7) is 0.868. The van der Waals surface area contributed by atoms with Gasteiger partial charge in [0.05, 0.1) is 5.92 Å². The quantitative estimate of drug-likeness (QED) is 0.709. The number of hydrogen-bond donors (Lipinski definition) is 2. The molecule has 3 heterocycles. The Morgan fingerprint density at radius 2 is 1.93 bits per heavy atom. The monoisotopic (exact) mass is 399 g/mol. The lowest BCUT2D eigenvalue weighted by atomic mass is 9.97. The molecule has 0 spiro atoms. The van der Waals surface area contributed by atoms with Crippen molar-refractivity contribution in [3.05, 3.63) is 34.9 Å². The molecule has 2 N–H and O–H groups in total. The third-order valence-electron chi connectivity index (χ3n) is 5.83. The highest BCUT2D eigenvalue weighted by molar-refractivity contribution is 6.06. The first-order chi connectivity index (χ1) is 13.8. The summed E-state index contributed by atoms with van der Waals surface area (Å²) in [6, 6.07) is 4.09. The van der Waals surface area contributed by atoms with Crippen LogP contribution in [0.3, 0.4) is 0 Å². The van der Waals surface area contributed by atoms with Crippen molar-refractivity contribution in [2.75, 3.05) is 13.1 Å². The molecule has 9 heteroatoms. The zero-order chi connectivity index (χ0) is 20.7. The van der Waals surface area contributed by atoms with Crippen molar-refractivity contribution in [2.24, 2.45) is 5.92 Å². The Hall–Kier alpha value is -3.23. The molecule has 2 unspecified atom stereocenters. The molecule has 4 rings (SSSR count). The van der Waals surface area contributed by atoms with Crippen LogP contribution in [0.5, 0.6) is 0 Å². The SMILES string of the molecule is O=C1CCC(N2Cc3cc(C(=O)N4CCCC(C(=O)O)C4)ccc3C2=O)C(=O)N1. The van der Waals surface area contributed by atoms with Crippen molar-refractivity contribution in [3.8, 4) is 0 Å². The fraction of sp³-hybridized carbons (Fsp3) is 0.450. The van der Waals surface area contributed by atoms with Crippen LogP contribution >= 0.6 is 0 Å². The number of imide groups is 1. The van der Waals surface area contributed by atoms with Crippen LogP contribution in [0.4, 0.5) is 0 Å². The Kier molecular flexibility index (Phi) is 4.81. The van der Waals surface area contributed by atoms with Crippen LogP contribution in [0.2, 0.25) is 0 Å². The lowest BCUT2D eigenvalue weighted by Crippen LogP contribution is -2.52. The molecular formula is C20H21N3O6. The number of benzene rings is 1. The average molecular weight is 399 g/mol. The first kappa shape index (κ1) is 19.1. The lowest BCUT2D eigenvalue weighted by molar-refractivity contribution is -0.143. The maximum atomic E-state index is 12.9. The number of carboxylic acid groups (broad SMARTS) is 1. The number of hydrogen-bond acceptors (Lipinski definition) is 5. The zero-order valence-corrected chi connectivity index (χ0v) is 15.7. The molecule has 29 heavy (non-hydrogen) atoms. The summed E-state index contributed by atoms with van der Waals surface area (Å²) in [5, 5.41) is 11.5. The minimum absolute atomic E-state index is 0.173. The van der Waals surface area contributed by atoms with Crippen LogP contribution in [0.25, 0.3) is 0 Å². The van der Waals surface area contributed by atoms with Gasteiger partial charge in [-0.25, -0.2) is 0 Å². The van der Waals surface area contributed by atoms with Gasteiger partial charge in [0.2, 0.25) is 11.8 Å². The number of likely N-dealkylation sites (tertiary alicyclic amines) is 1. The topological polar surface area (TPSA) is 124 Å². The van der Waals surface area contributed by atoms with Gasteiger partial charge in [0.15, 0.2) is 0 Å². The number of fused-ring (bicyclic) bond motifs is 1. The molecule has 0 aromatic heterocycles. The molecule has 3 aliphatic heterocycles. The fourth-order valence-electron chi connectivity index (χ4n) is 4.25. The first-order valence-corrected chi connectivity index (χ1v) is 9.65. The molecule has 0 bridgehead atoms. The van der Waals surface area contributed by atoms with Crippen molar-refractivity contribution in [1.82, 2.24) is 15.1 Å². The van der Waals surface area contributed by atoms with E-state index in [2.05, 4.69) is 5.32 Å². The van der Waals surface area contributed by atoms with E-state index in [1.807, 2.05) is 0 Å². The van der Waals surface area contributed by atoms with Crippen LogP contribution in [0.15, 0.2) is 18.2 Å². The molecule has 2 saturated heterocycles. The van der Waals surface area contributed by atoms with Gasteiger partial charge in [-0.15, -0.1) is 0 Å². The van der Waals surface area contributed by atoms with E-state index in [0.29, 0.717) is 36.1 Å². The maximum absolute atomic E-state index is 12.9. The normalized spacial score (nSPS) is 24.3. The number of carboxylic acids is 1. The number of nitrogens with one attached hydrogen (secondary N) is 1. The van der Waals surface area contributed by atoms with E-state index in [1.165, 1.54) is 4.90 Å². The van der Waals surface area contributed by atoms with Crippen molar-refractivity contribution in [1.29, 1.82) is 0 Å². The van der Waals surface area contributed by atoms with Crippen LogP contribution < -0.4 is 5.32 Å². The second-order valence-electron chi connectivity index (χ2n) is 7.70. The second-order valence-corrected chi connectivity index (χ2v) is 7.70. The standard InChI is InChI=1S/C20H21N3O6/c24-16-6-5-15(17(25)21-16)23-10-13-8-11(3-4-14(13)19(23)27)18(26)22-7-1-2-12(9-22)20(28)29/h3-4,8,12,15H,1-2,5-7,9-10H2,(H,28,29)(H,21,24,25). The number of amides is 4. The lowest BCUT2D eigenvalue weighted by Gasteiger charge is -2.30. The van der Waals surface area contributed by atoms with Gasteiger partial charge in [-0.2, -0.15) is 0 Å². The predicted octanol–water partition coefficient (Wildman–Crippen LogP) is 0.384. The molecule has 1 aromatic carbocycles. The van der Waals surface area contributed by atoms with Crippen LogP contribution in [-0.2, 0) is 20.9 Å². The molecule has 1 aromatic rings. The minimum atomic E-state index is -0.901. The van der Waals surface area contributed by atoms with E-state index >= 15 is 0 Å². The van der Waals surface area contributed by atoms with Gasteiger partial charge in [0.1, 0.15) is 6.04 Å². The number of rotatable bonds is 3. The summed E-state index contributed by atoms with van der Waals surface area (Å²) in [5.41, 5.74) is 1.48. The second kappa shape index (κ2) is 7.31. The van der Waals surface area contributed by atoms with Gasteiger partial charge in [-0.1, -0.05) is 0 Å². The number of aliphatic carboxylic acids is 1. The van der Waals surface area contributed by atoms with Crippen molar-refractivity contribution >= 4 is 29.6 Å².